The van der Waals surface area contributed by atoms with Gasteiger partial charge in [0.05, 0.1) is 13.2 Å². The molecule has 2 heterocycles. The molecule has 1 aromatic rings. The van der Waals surface area contributed by atoms with Gasteiger partial charge in [0.25, 0.3) is 0 Å². The summed E-state index contributed by atoms with van der Waals surface area (Å²) in [7, 11) is 0. The van der Waals surface area contributed by atoms with Crippen LogP contribution in [-0.4, -0.2) is 65.0 Å². The van der Waals surface area contributed by atoms with Gasteiger partial charge in [-0.25, -0.2) is 4.79 Å². The number of ether oxygens (including phenoxy) is 1. The van der Waals surface area contributed by atoms with Crippen LogP contribution in [0, 0.1) is 0 Å². The number of hydrogen-bond donors (Lipinski definition) is 1. The van der Waals surface area contributed by atoms with E-state index in [0.717, 1.165) is 18.4 Å². The van der Waals surface area contributed by atoms with Crippen LogP contribution >= 0.6 is 0 Å². The Labute approximate surface area is 146 Å². The third-order valence-electron chi connectivity index (χ3n) is 4.67. The van der Waals surface area contributed by atoms with Gasteiger partial charge in [0.15, 0.2) is 6.10 Å². The third-order valence-corrected chi connectivity index (χ3v) is 4.67. The molecule has 0 aromatic heterocycles. The lowest BCUT2D eigenvalue weighted by molar-refractivity contribution is -0.162. The Morgan fingerprint density at radius 2 is 1.92 bits per heavy atom. The normalized spacial score (nSPS) is 22.6. The highest BCUT2D eigenvalue weighted by Crippen LogP contribution is 2.28. The van der Waals surface area contributed by atoms with Crippen molar-refractivity contribution in [3.63, 3.8) is 0 Å². The summed E-state index contributed by atoms with van der Waals surface area (Å²) in [5.41, 5.74) is 0.751. The lowest BCUT2D eigenvalue weighted by atomic mass is 9.99. The van der Waals surface area contributed by atoms with Crippen LogP contribution in [0.25, 0.3) is 0 Å². The van der Waals surface area contributed by atoms with Crippen molar-refractivity contribution in [1.29, 1.82) is 0 Å². The minimum Gasteiger partial charge on any atom is -0.479 e. The van der Waals surface area contributed by atoms with Crippen molar-refractivity contribution in [1.82, 2.24) is 9.80 Å². The van der Waals surface area contributed by atoms with Crippen molar-refractivity contribution in [2.24, 2.45) is 0 Å². The molecule has 134 valence electrons. The number of amides is 2. The SMILES string of the molecule is O=C(O)[C@@H]1CN(C(=O)[C@@H](c2ccccc2)N2CCCCC2=O)CCO1. The monoisotopic (exact) mass is 346 g/mol. The summed E-state index contributed by atoms with van der Waals surface area (Å²) in [5.74, 6) is -1.35. The van der Waals surface area contributed by atoms with E-state index < -0.39 is 18.1 Å². The van der Waals surface area contributed by atoms with E-state index in [0.29, 0.717) is 19.5 Å². The summed E-state index contributed by atoms with van der Waals surface area (Å²) in [5, 5.41) is 9.16. The van der Waals surface area contributed by atoms with Crippen LogP contribution in [0.2, 0.25) is 0 Å². The second kappa shape index (κ2) is 7.65. The molecule has 0 radical (unpaired) electrons. The van der Waals surface area contributed by atoms with Crippen LogP contribution in [0.1, 0.15) is 30.9 Å². The summed E-state index contributed by atoms with van der Waals surface area (Å²) in [4.78, 5) is 39.9. The Morgan fingerprint density at radius 1 is 1.16 bits per heavy atom. The van der Waals surface area contributed by atoms with Gasteiger partial charge in [-0.2, -0.15) is 0 Å². The van der Waals surface area contributed by atoms with Gasteiger partial charge in [0.1, 0.15) is 6.04 Å². The summed E-state index contributed by atoms with van der Waals surface area (Å²) >= 11 is 0. The molecule has 7 nitrogen and oxygen atoms in total. The van der Waals surface area contributed by atoms with Crippen LogP contribution in [0.3, 0.4) is 0 Å². The number of carbonyl (C=O) groups excluding carboxylic acids is 2. The standard InChI is InChI=1S/C18H22N2O5/c21-15-8-4-5-9-20(15)16(13-6-2-1-3-7-13)17(22)19-10-11-25-14(12-19)18(23)24/h1-3,6-7,14,16H,4-5,8-12H2,(H,23,24)/t14-,16+/m0/s1. The number of hydrogen-bond acceptors (Lipinski definition) is 4. The number of benzene rings is 1. The number of carboxylic acid groups (broad SMARTS) is 1. The van der Waals surface area contributed by atoms with Gasteiger partial charge in [0, 0.05) is 19.5 Å². The topological polar surface area (TPSA) is 87.2 Å². The lowest BCUT2D eigenvalue weighted by Gasteiger charge is -2.39. The number of nitrogens with zero attached hydrogens (tertiary/aromatic N) is 2. The molecule has 2 aliphatic heterocycles. The number of carboxylic acids is 1. The molecule has 25 heavy (non-hydrogen) atoms. The van der Waals surface area contributed by atoms with Crippen molar-refractivity contribution in [3.05, 3.63) is 35.9 Å². The maximum Gasteiger partial charge on any atom is 0.334 e. The molecule has 2 saturated heterocycles. The van der Waals surface area contributed by atoms with Crippen molar-refractivity contribution < 1.29 is 24.2 Å². The van der Waals surface area contributed by atoms with E-state index in [1.54, 1.807) is 4.90 Å². The molecule has 1 N–H and O–H groups in total. The van der Waals surface area contributed by atoms with E-state index >= 15 is 0 Å². The molecular weight excluding hydrogens is 324 g/mol. The molecule has 3 rings (SSSR count). The number of likely N-dealkylation sites (tertiary alicyclic amines) is 1. The molecule has 7 heteroatoms. The molecule has 0 aliphatic carbocycles. The van der Waals surface area contributed by atoms with E-state index in [1.165, 1.54) is 4.90 Å². The highest BCUT2D eigenvalue weighted by atomic mass is 16.5. The Balaban J connectivity index is 1.87. The van der Waals surface area contributed by atoms with Gasteiger partial charge in [-0.3, -0.25) is 9.59 Å². The van der Waals surface area contributed by atoms with Crippen LogP contribution in [0.5, 0.6) is 0 Å². The average Bonchev–Trinajstić information content (AvgIpc) is 2.64. The lowest BCUT2D eigenvalue weighted by Crippen LogP contribution is -2.53. The van der Waals surface area contributed by atoms with E-state index in [-0.39, 0.29) is 25.0 Å². The predicted molar refractivity (Wildman–Crippen MR) is 88.7 cm³/mol. The van der Waals surface area contributed by atoms with Gasteiger partial charge < -0.3 is 19.6 Å². The highest BCUT2D eigenvalue weighted by Gasteiger charge is 2.38. The first-order valence-corrected chi connectivity index (χ1v) is 8.55. The Morgan fingerprint density at radius 3 is 2.60 bits per heavy atom. The van der Waals surface area contributed by atoms with E-state index in [9.17, 15) is 14.4 Å². The summed E-state index contributed by atoms with van der Waals surface area (Å²) in [6.07, 6.45) is 1.12. The van der Waals surface area contributed by atoms with E-state index in [4.69, 9.17) is 9.84 Å². The molecule has 2 atom stereocenters. The first-order chi connectivity index (χ1) is 12.1. The highest BCUT2D eigenvalue weighted by molar-refractivity contribution is 5.89. The van der Waals surface area contributed by atoms with Crippen LogP contribution < -0.4 is 0 Å². The zero-order chi connectivity index (χ0) is 17.8. The zero-order valence-electron chi connectivity index (χ0n) is 14.0. The summed E-state index contributed by atoms with van der Waals surface area (Å²) in [6, 6.07) is 8.49. The third kappa shape index (κ3) is 3.82. The molecule has 2 aliphatic rings. The fourth-order valence-electron chi connectivity index (χ4n) is 3.36. The van der Waals surface area contributed by atoms with Gasteiger partial charge >= 0.3 is 5.97 Å². The van der Waals surface area contributed by atoms with Gasteiger partial charge in [-0.15, -0.1) is 0 Å². The minimum atomic E-state index is -1.08. The van der Waals surface area contributed by atoms with Crippen molar-refractivity contribution in [2.45, 2.75) is 31.4 Å². The first kappa shape index (κ1) is 17.4. The van der Waals surface area contributed by atoms with Gasteiger partial charge in [-0.1, -0.05) is 30.3 Å². The largest absolute Gasteiger partial charge is 0.479 e. The average molecular weight is 346 g/mol. The van der Waals surface area contributed by atoms with E-state index in [2.05, 4.69) is 0 Å². The summed E-state index contributed by atoms with van der Waals surface area (Å²) < 4.78 is 5.20. The second-order valence-corrected chi connectivity index (χ2v) is 6.34. The molecule has 1 aromatic carbocycles. The fraction of sp³-hybridized carbons (Fsp3) is 0.500. The number of morpholine rings is 1. The molecule has 0 saturated carbocycles. The predicted octanol–water partition coefficient (Wildman–Crippen LogP) is 1.05. The van der Waals surface area contributed by atoms with Crippen LogP contribution in [0.15, 0.2) is 30.3 Å². The van der Waals surface area contributed by atoms with E-state index in [1.807, 2.05) is 30.3 Å². The number of aliphatic carboxylic acids is 1. The molecule has 2 fully saturated rings. The van der Waals surface area contributed by atoms with Gasteiger partial charge in [0.2, 0.25) is 11.8 Å². The van der Waals surface area contributed by atoms with Crippen molar-refractivity contribution in [2.75, 3.05) is 26.2 Å². The molecular formula is C18H22N2O5. The molecule has 0 bridgehead atoms. The van der Waals surface area contributed by atoms with Crippen LogP contribution in [-0.2, 0) is 19.1 Å². The zero-order valence-corrected chi connectivity index (χ0v) is 14.0. The number of piperidine rings is 1. The molecule has 0 unspecified atom stereocenters. The Hall–Kier alpha value is -2.41. The summed E-state index contributed by atoms with van der Waals surface area (Å²) in [6.45, 7) is 1.04. The fourth-order valence-corrected chi connectivity index (χ4v) is 3.36. The van der Waals surface area contributed by atoms with Crippen molar-refractivity contribution >= 4 is 17.8 Å². The minimum absolute atomic E-state index is 0.000466. The number of rotatable bonds is 4. The van der Waals surface area contributed by atoms with Crippen molar-refractivity contribution in [3.8, 4) is 0 Å². The van der Waals surface area contributed by atoms with Crippen LogP contribution in [0.4, 0.5) is 0 Å². The Bertz CT molecular complexity index is 648. The number of carbonyl (C=O) groups is 3. The molecule has 2 amide bonds. The quantitative estimate of drug-likeness (QED) is 0.881. The molecule has 0 spiro atoms. The maximum absolute atomic E-state index is 13.2. The smallest absolute Gasteiger partial charge is 0.334 e. The second-order valence-electron chi connectivity index (χ2n) is 6.34. The maximum atomic E-state index is 13.2. The van der Waals surface area contributed by atoms with Gasteiger partial charge in [-0.05, 0) is 18.4 Å². The Kier molecular flexibility index (Phi) is 5.33. The first-order valence-electron chi connectivity index (χ1n) is 8.55.